The van der Waals surface area contributed by atoms with Crippen molar-refractivity contribution in [3.8, 4) is 0 Å². The molecule has 1 amide bonds. The van der Waals surface area contributed by atoms with E-state index in [1.54, 1.807) is 17.8 Å². The van der Waals surface area contributed by atoms with Crippen molar-refractivity contribution in [2.24, 2.45) is 0 Å². The van der Waals surface area contributed by atoms with Gasteiger partial charge in [-0.3, -0.25) is 4.79 Å². The molecule has 0 spiro atoms. The number of aromatic nitrogens is 1. The van der Waals surface area contributed by atoms with Gasteiger partial charge in [-0.25, -0.2) is 4.39 Å². The van der Waals surface area contributed by atoms with Gasteiger partial charge in [0.2, 0.25) is 0 Å². The second-order valence-electron chi connectivity index (χ2n) is 4.79. The number of halogens is 1. The first-order valence-electron chi connectivity index (χ1n) is 6.55. The molecule has 1 aliphatic rings. The van der Waals surface area contributed by atoms with Gasteiger partial charge in [0.15, 0.2) is 12.4 Å². The number of thioether (sulfide) groups is 1. The minimum absolute atomic E-state index is 0.205. The number of carbonyl (C=O) groups excluding carboxylic acids is 1. The highest BCUT2D eigenvalue weighted by molar-refractivity contribution is 7.99. The fourth-order valence-electron chi connectivity index (χ4n) is 2.32. The van der Waals surface area contributed by atoms with Gasteiger partial charge in [-0.1, -0.05) is 0 Å². The monoisotopic (exact) mass is 304 g/mol. The molecule has 108 valence electrons. The summed E-state index contributed by atoms with van der Waals surface area (Å²) in [5.41, 5.74) is 1.23. The molecule has 21 heavy (non-hydrogen) atoms. The van der Waals surface area contributed by atoms with Crippen LogP contribution in [0.3, 0.4) is 0 Å². The zero-order chi connectivity index (χ0) is 14.8. The van der Waals surface area contributed by atoms with Crippen LogP contribution < -0.4 is 10.0 Å². The van der Waals surface area contributed by atoms with Gasteiger partial charge in [-0.2, -0.15) is 4.73 Å². The maximum atomic E-state index is 13.4. The number of fused-ring (bicyclic) bond motifs is 1. The Balaban J connectivity index is 1.81. The topological polar surface area (TPSA) is 56.0 Å². The van der Waals surface area contributed by atoms with Crippen LogP contribution in [0.15, 0.2) is 47.6 Å². The SMILES string of the molecule is O=C(NC1CCSc2ccc(F)cc21)c1cc[n+]([O-])cc1. The molecule has 0 bridgehead atoms. The number of nitrogens with one attached hydrogen (secondary N) is 1. The van der Waals surface area contributed by atoms with E-state index < -0.39 is 0 Å². The van der Waals surface area contributed by atoms with Gasteiger partial charge < -0.3 is 10.5 Å². The number of amides is 1. The van der Waals surface area contributed by atoms with Gasteiger partial charge in [0, 0.05) is 22.8 Å². The lowest BCUT2D eigenvalue weighted by Gasteiger charge is -2.26. The summed E-state index contributed by atoms with van der Waals surface area (Å²) in [5, 5.41) is 13.9. The smallest absolute Gasteiger partial charge is 0.252 e. The van der Waals surface area contributed by atoms with Crippen molar-refractivity contribution < 1.29 is 13.9 Å². The van der Waals surface area contributed by atoms with Crippen LogP contribution in [0, 0.1) is 11.0 Å². The van der Waals surface area contributed by atoms with Crippen LogP contribution in [0.1, 0.15) is 28.4 Å². The van der Waals surface area contributed by atoms with Gasteiger partial charge in [-0.05, 0) is 30.2 Å². The molecule has 6 heteroatoms. The van der Waals surface area contributed by atoms with E-state index in [9.17, 15) is 14.4 Å². The van der Waals surface area contributed by atoms with E-state index >= 15 is 0 Å². The van der Waals surface area contributed by atoms with Crippen LogP contribution in [0.25, 0.3) is 0 Å². The van der Waals surface area contributed by atoms with Crippen LogP contribution >= 0.6 is 11.8 Å². The fraction of sp³-hybridized carbons (Fsp3) is 0.200. The third kappa shape index (κ3) is 3.00. The van der Waals surface area contributed by atoms with Crippen molar-refractivity contribution in [1.29, 1.82) is 0 Å². The Hall–Kier alpha value is -2.08. The average molecular weight is 304 g/mol. The van der Waals surface area contributed by atoms with Crippen molar-refractivity contribution in [3.05, 3.63) is 64.9 Å². The van der Waals surface area contributed by atoms with Crippen LogP contribution in [0.4, 0.5) is 4.39 Å². The van der Waals surface area contributed by atoms with Gasteiger partial charge >= 0.3 is 0 Å². The summed E-state index contributed by atoms with van der Waals surface area (Å²) in [6.45, 7) is 0. The first kappa shape index (κ1) is 13.9. The first-order chi connectivity index (χ1) is 10.1. The van der Waals surface area contributed by atoms with E-state index in [4.69, 9.17) is 0 Å². The van der Waals surface area contributed by atoms with E-state index in [-0.39, 0.29) is 17.8 Å². The average Bonchev–Trinajstić information content (AvgIpc) is 2.48. The van der Waals surface area contributed by atoms with Crippen molar-refractivity contribution in [3.63, 3.8) is 0 Å². The van der Waals surface area contributed by atoms with Crippen LogP contribution in [0.2, 0.25) is 0 Å². The molecule has 1 aromatic carbocycles. The van der Waals surface area contributed by atoms with Gasteiger partial charge in [0.05, 0.1) is 11.6 Å². The Morgan fingerprint density at radius 1 is 1.33 bits per heavy atom. The Labute approximate surface area is 125 Å². The molecule has 2 heterocycles. The van der Waals surface area contributed by atoms with E-state index in [1.165, 1.54) is 36.7 Å². The molecule has 1 aliphatic heterocycles. The Morgan fingerprint density at radius 3 is 2.86 bits per heavy atom. The fourth-order valence-corrected chi connectivity index (χ4v) is 3.43. The van der Waals surface area contributed by atoms with Crippen LogP contribution in [-0.2, 0) is 0 Å². The molecule has 2 aromatic rings. The summed E-state index contributed by atoms with van der Waals surface area (Å²) < 4.78 is 14.0. The third-order valence-corrected chi connectivity index (χ3v) is 4.50. The lowest BCUT2D eigenvalue weighted by molar-refractivity contribution is -0.605. The van der Waals surface area contributed by atoms with Gasteiger partial charge in [0.25, 0.3) is 5.91 Å². The molecule has 1 atom stereocenters. The van der Waals surface area contributed by atoms with Gasteiger partial charge in [0.1, 0.15) is 5.82 Å². The van der Waals surface area contributed by atoms with E-state index in [1.807, 2.05) is 0 Å². The number of nitrogens with zero attached hydrogens (tertiary/aromatic N) is 1. The minimum Gasteiger partial charge on any atom is -0.619 e. The van der Waals surface area contributed by atoms with E-state index in [2.05, 4.69) is 5.32 Å². The number of hydrogen-bond donors (Lipinski definition) is 1. The predicted molar refractivity (Wildman–Crippen MR) is 77.4 cm³/mol. The summed E-state index contributed by atoms with van der Waals surface area (Å²) in [7, 11) is 0. The molecule has 0 aliphatic carbocycles. The number of hydrogen-bond acceptors (Lipinski definition) is 3. The summed E-state index contributed by atoms with van der Waals surface area (Å²) in [6.07, 6.45) is 3.31. The molecular weight excluding hydrogens is 291 g/mol. The normalized spacial score (nSPS) is 17.1. The van der Waals surface area contributed by atoms with Crippen molar-refractivity contribution in [1.82, 2.24) is 5.32 Å². The second kappa shape index (κ2) is 5.73. The molecule has 4 nitrogen and oxygen atoms in total. The standard InChI is InChI=1S/C15H13FN2O2S/c16-11-1-2-14-12(9-11)13(5-8-21-14)17-15(19)10-3-6-18(20)7-4-10/h1-4,6-7,9,13H,5,8H2,(H,17,19). The zero-order valence-electron chi connectivity index (χ0n) is 11.1. The molecule has 1 aromatic heterocycles. The maximum Gasteiger partial charge on any atom is 0.252 e. The summed E-state index contributed by atoms with van der Waals surface area (Å²) in [4.78, 5) is 13.2. The minimum atomic E-state index is -0.303. The number of rotatable bonds is 2. The van der Waals surface area contributed by atoms with E-state index in [0.29, 0.717) is 10.3 Å². The van der Waals surface area contributed by atoms with Crippen molar-refractivity contribution in [2.45, 2.75) is 17.4 Å². The predicted octanol–water partition coefficient (Wildman–Crippen LogP) is 2.43. The second-order valence-corrected chi connectivity index (χ2v) is 5.93. The number of pyridine rings is 1. The van der Waals surface area contributed by atoms with Crippen molar-refractivity contribution >= 4 is 17.7 Å². The number of carbonyl (C=O) groups is 1. The van der Waals surface area contributed by atoms with E-state index in [0.717, 1.165) is 22.6 Å². The first-order valence-corrected chi connectivity index (χ1v) is 7.54. The van der Waals surface area contributed by atoms with Crippen molar-refractivity contribution in [2.75, 3.05) is 5.75 Å². The molecule has 3 rings (SSSR count). The van der Waals surface area contributed by atoms with Gasteiger partial charge in [-0.15, -0.1) is 11.8 Å². The Bertz CT molecular complexity index is 676. The summed E-state index contributed by atoms with van der Waals surface area (Å²) in [6, 6.07) is 7.38. The zero-order valence-corrected chi connectivity index (χ0v) is 11.9. The lowest BCUT2D eigenvalue weighted by atomic mass is 10.0. The molecule has 0 saturated carbocycles. The highest BCUT2D eigenvalue weighted by Gasteiger charge is 2.23. The molecule has 0 radical (unpaired) electrons. The summed E-state index contributed by atoms with van der Waals surface area (Å²) >= 11 is 1.66. The quantitative estimate of drug-likeness (QED) is 0.685. The third-order valence-electron chi connectivity index (χ3n) is 3.38. The maximum absolute atomic E-state index is 13.4. The largest absolute Gasteiger partial charge is 0.619 e. The Morgan fingerprint density at radius 2 is 2.10 bits per heavy atom. The Kier molecular flexibility index (Phi) is 3.79. The highest BCUT2D eigenvalue weighted by atomic mass is 32.2. The molecule has 0 saturated heterocycles. The van der Waals surface area contributed by atoms with Crippen LogP contribution in [0.5, 0.6) is 0 Å². The summed E-state index contributed by atoms with van der Waals surface area (Å²) in [5.74, 6) is 0.309. The van der Waals surface area contributed by atoms with Crippen LogP contribution in [-0.4, -0.2) is 11.7 Å². The number of benzene rings is 1. The molecule has 1 N–H and O–H groups in total. The molecular formula is C15H13FN2O2S. The highest BCUT2D eigenvalue weighted by Crippen LogP contribution is 2.36. The lowest BCUT2D eigenvalue weighted by Crippen LogP contribution is -2.32. The molecule has 1 unspecified atom stereocenters. The molecule has 0 fully saturated rings.